The monoisotopic (exact) mass is 326 g/mol. The predicted molar refractivity (Wildman–Crippen MR) is 91.8 cm³/mol. The van der Waals surface area contributed by atoms with Gasteiger partial charge in [-0.2, -0.15) is 0 Å². The van der Waals surface area contributed by atoms with Crippen LogP contribution in [-0.2, 0) is 0 Å². The minimum Gasteiger partial charge on any atom is -0.493 e. The fourth-order valence-corrected chi connectivity index (χ4v) is 2.18. The fraction of sp³-hybridized carbons (Fsp3) is 0.611. The molecule has 1 unspecified atom stereocenters. The van der Waals surface area contributed by atoms with Crippen molar-refractivity contribution in [1.82, 2.24) is 0 Å². The van der Waals surface area contributed by atoms with E-state index in [0.29, 0.717) is 22.8 Å². The van der Waals surface area contributed by atoms with Gasteiger partial charge in [0.15, 0.2) is 17.3 Å². The van der Waals surface area contributed by atoms with E-state index in [2.05, 4.69) is 0 Å². The van der Waals surface area contributed by atoms with Gasteiger partial charge in [-0.1, -0.05) is 21.3 Å². The first-order valence-electron chi connectivity index (χ1n) is 7.43. The summed E-state index contributed by atoms with van der Waals surface area (Å²) in [6.07, 6.45) is -0.0507. The molecule has 0 spiro atoms. The van der Waals surface area contributed by atoms with E-state index >= 15 is 0 Å². The zero-order valence-corrected chi connectivity index (χ0v) is 14.2. The van der Waals surface area contributed by atoms with Gasteiger partial charge in [-0.25, -0.2) is 0 Å². The summed E-state index contributed by atoms with van der Waals surface area (Å²) in [5.41, 5.74) is 0.442. The SMILES string of the molecule is C.COc1cc(C(=O)C(CO)C(C)C)cc(OC)c1OC(C)C. The molecule has 0 aliphatic rings. The number of carbonyl (C=O) groups excluding carboxylic acids is 1. The normalized spacial score (nSPS) is 11.9. The highest BCUT2D eigenvalue weighted by Crippen LogP contribution is 2.40. The zero-order chi connectivity index (χ0) is 16.9. The number of aliphatic hydroxyl groups is 1. The van der Waals surface area contributed by atoms with E-state index < -0.39 is 5.92 Å². The molecule has 0 aromatic heterocycles. The number of ether oxygens (including phenoxy) is 3. The number of methoxy groups -OCH3 is 2. The van der Waals surface area contributed by atoms with Crippen molar-refractivity contribution >= 4 is 5.78 Å². The molecular formula is C18H30O5. The molecule has 5 heteroatoms. The second-order valence-corrected chi connectivity index (χ2v) is 5.77. The van der Waals surface area contributed by atoms with Gasteiger partial charge in [-0.05, 0) is 31.9 Å². The van der Waals surface area contributed by atoms with Crippen LogP contribution < -0.4 is 14.2 Å². The van der Waals surface area contributed by atoms with Gasteiger partial charge in [-0.3, -0.25) is 4.79 Å². The van der Waals surface area contributed by atoms with E-state index in [9.17, 15) is 9.90 Å². The van der Waals surface area contributed by atoms with E-state index in [-0.39, 0.29) is 31.8 Å². The quantitative estimate of drug-likeness (QED) is 0.740. The molecule has 0 bridgehead atoms. The molecular weight excluding hydrogens is 296 g/mol. The van der Waals surface area contributed by atoms with E-state index in [4.69, 9.17) is 14.2 Å². The Balaban J connectivity index is 0.00000484. The Morgan fingerprint density at radius 1 is 1.09 bits per heavy atom. The van der Waals surface area contributed by atoms with Crippen molar-refractivity contribution in [3.63, 3.8) is 0 Å². The van der Waals surface area contributed by atoms with Crippen LogP contribution in [0.2, 0.25) is 0 Å². The number of aliphatic hydroxyl groups excluding tert-OH is 1. The highest BCUT2D eigenvalue weighted by Gasteiger charge is 2.25. The van der Waals surface area contributed by atoms with Gasteiger partial charge in [0.05, 0.1) is 26.9 Å². The Kier molecular flexibility index (Phi) is 8.69. The van der Waals surface area contributed by atoms with Gasteiger partial charge in [-0.15, -0.1) is 0 Å². The molecule has 0 aliphatic carbocycles. The second-order valence-electron chi connectivity index (χ2n) is 5.77. The lowest BCUT2D eigenvalue weighted by molar-refractivity contribution is 0.0806. The van der Waals surface area contributed by atoms with E-state index in [1.165, 1.54) is 14.2 Å². The maximum absolute atomic E-state index is 12.6. The topological polar surface area (TPSA) is 65.0 Å². The lowest BCUT2D eigenvalue weighted by Crippen LogP contribution is -2.24. The average molecular weight is 326 g/mol. The first-order chi connectivity index (χ1) is 10.3. The molecule has 0 fully saturated rings. The van der Waals surface area contributed by atoms with Gasteiger partial charge in [0.25, 0.3) is 0 Å². The molecule has 0 aliphatic heterocycles. The van der Waals surface area contributed by atoms with E-state index in [1.54, 1.807) is 12.1 Å². The van der Waals surface area contributed by atoms with Crippen LogP contribution in [0.3, 0.4) is 0 Å². The van der Waals surface area contributed by atoms with Crippen molar-refractivity contribution < 1.29 is 24.1 Å². The summed E-state index contributed by atoms with van der Waals surface area (Å²) in [7, 11) is 3.03. The number of Topliss-reactive ketones (excluding diaryl/α,β-unsaturated/α-hetero) is 1. The van der Waals surface area contributed by atoms with Crippen LogP contribution in [0.1, 0.15) is 45.5 Å². The number of carbonyl (C=O) groups is 1. The Hall–Kier alpha value is -1.75. The van der Waals surface area contributed by atoms with Crippen molar-refractivity contribution in [1.29, 1.82) is 0 Å². The van der Waals surface area contributed by atoms with Gasteiger partial charge < -0.3 is 19.3 Å². The summed E-state index contributed by atoms with van der Waals surface area (Å²) in [6.45, 7) is 7.43. The standard InChI is InChI=1S/C17H26O5.CH4/c1-10(2)13(9-18)16(19)12-7-14(20-5)17(22-11(3)4)15(8-12)21-6;/h7-8,10-11,13,18H,9H2,1-6H3;1H4. The van der Waals surface area contributed by atoms with Crippen LogP contribution in [0, 0.1) is 11.8 Å². The summed E-state index contributed by atoms with van der Waals surface area (Å²) < 4.78 is 16.4. The molecule has 0 saturated heterocycles. The Bertz CT molecular complexity index is 483. The second kappa shape index (κ2) is 9.40. The number of benzene rings is 1. The maximum atomic E-state index is 12.6. The Labute approximate surface area is 139 Å². The first-order valence-corrected chi connectivity index (χ1v) is 7.43. The van der Waals surface area contributed by atoms with Gasteiger partial charge >= 0.3 is 0 Å². The molecule has 1 atom stereocenters. The summed E-state index contributed by atoms with van der Waals surface area (Å²) >= 11 is 0. The summed E-state index contributed by atoms with van der Waals surface area (Å²) in [4.78, 5) is 12.6. The maximum Gasteiger partial charge on any atom is 0.203 e. The molecule has 0 radical (unpaired) electrons. The first kappa shape index (κ1) is 21.2. The number of rotatable bonds is 8. The molecule has 1 aromatic carbocycles. The highest BCUT2D eigenvalue weighted by atomic mass is 16.5. The zero-order valence-electron chi connectivity index (χ0n) is 14.2. The third kappa shape index (κ3) is 5.13. The number of hydrogen-bond acceptors (Lipinski definition) is 5. The minimum absolute atomic E-state index is 0. The van der Waals surface area contributed by atoms with Crippen LogP contribution in [0.15, 0.2) is 12.1 Å². The smallest absolute Gasteiger partial charge is 0.203 e. The highest BCUT2D eigenvalue weighted by molar-refractivity contribution is 5.99. The van der Waals surface area contributed by atoms with Crippen LogP contribution >= 0.6 is 0 Å². The predicted octanol–water partition coefficient (Wildman–Crippen LogP) is 3.57. The summed E-state index contributed by atoms with van der Waals surface area (Å²) in [5.74, 6) is 0.813. The van der Waals surface area contributed by atoms with Crippen LogP contribution in [-0.4, -0.2) is 37.8 Å². The number of ketones is 1. The molecule has 1 N–H and O–H groups in total. The van der Waals surface area contributed by atoms with Crippen LogP contribution in [0.4, 0.5) is 0 Å². The Morgan fingerprint density at radius 2 is 1.57 bits per heavy atom. The minimum atomic E-state index is -0.453. The van der Waals surface area contributed by atoms with Gasteiger partial charge in [0.2, 0.25) is 5.75 Å². The summed E-state index contributed by atoms with van der Waals surface area (Å²) in [6, 6.07) is 3.27. The molecule has 0 amide bonds. The van der Waals surface area contributed by atoms with Crippen molar-refractivity contribution in [2.75, 3.05) is 20.8 Å². The lowest BCUT2D eigenvalue weighted by Gasteiger charge is -2.20. The average Bonchev–Trinajstić information content (AvgIpc) is 2.46. The number of hydrogen-bond donors (Lipinski definition) is 1. The summed E-state index contributed by atoms with van der Waals surface area (Å²) in [5, 5.41) is 9.45. The third-order valence-electron chi connectivity index (χ3n) is 3.44. The molecule has 1 aromatic rings. The molecule has 23 heavy (non-hydrogen) atoms. The Morgan fingerprint density at radius 3 is 1.87 bits per heavy atom. The van der Waals surface area contributed by atoms with Crippen LogP contribution in [0.5, 0.6) is 17.2 Å². The van der Waals surface area contributed by atoms with E-state index in [0.717, 1.165) is 0 Å². The van der Waals surface area contributed by atoms with Crippen LogP contribution in [0.25, 0.3) is 0 Å². The molecule has 132 valence electrons. The van der Waals surface area contributed by atoms with Gasteiger partial charge in [0, 0.05) is 11.5 Å². The van der Waals surface area contributed by atoms with Crippen molar-refractivity contribution in [2.45, 2.75) is 41.2 Å². The molecule has 0 saturated carbocycles. The van der Waals surface area contributed by atoms with Crippen molar-refractivity contribution in [3.8, 4) is 17.2 Å². The van der Waals surface area contributed by atoms with Crippen molar-refractivity contribution in [3.05, 3.63) is 17.7 Å². The molecule has 1 rings (SSSR count). The fourth-order valence-electron chi connectivity index (χ4n) is 2.18. The lowest BCUT2D eigenvalue weighted by atomic mass is 9.88. The largest absolute Gasteiger partial charge is 0.493 e. The third-order valence-corrected chi connectivity index (χ3v) is 3.44. The van der Waals surface area contributed by atoms with Crippen molar-refractivity contribution in [2.24, 2.45) is 11.8 Å². The van der Waals surface area contributed by atoms with Gasteiger partial charge in [0.1, 0.15) is 0 Å². The molecule has 5 nitrogen and oxygen atoms in total. The molecule has 0 heterocycles. The van der Waals surface area contributed by atoms with E-state index in [1.807, 2.05) is 27.7 Å².